The summed E-state index contributed by atoms with van der Waals surface area (Å²) in [4.78, 5) is 10.9. The van der Waals surface area contributed by atoms with Gasteiger partial charge < -0.3 is 5.32 Å². The minimum Gasteiger partial charge on any atom is -0.353 e. The molecule has 1 aliphatic rings. The van der Waals surface area contributed by atoms with E-state index in [-0.39, 0.29) is 12.5 Å². The number of nitrogens with one attached hydrogen (secondary N) is 1. The van der Waals surface area contributed by atoms with Crippen LogP contribution in [0, 0.1) is 0 Å². The summed E-state index contributed by atoms with van der Waals surface area (Å²) in [5.41, 5.74) is 2.06. The number of rotatable bonds is 5. The second-order valence-corrected chi connectivity index (χ2v) is 5.11. The zero-order chi connectivity index (χ0) is 15.1. The normalized spacial score (nSPS) is 19.1. The average molecular weight is 294 g/mol. The van der Waals surface area contributed by atoms with Crippen molar-refractivity contribution in [1.82, 2.24) is 9.62 Å². The topological polar surface area (TPSA) is 66.5 Å². The highest BCUT2D eigenvalue weighted by atomic mass is 32.2. The van der Waals surface area contributed by atoms with E-state index in [2.05, 4.69) is 18.5 Å². The van der Waals surface area contributed by atoms with E-state index in [1.807, 2.05) is 6.08 Å². The van der Waals surface area contributed by atoms with E-state index in [1.54, 1.807) is 18.2 Å². The van der Waals surface area contributed by atoms with Crippen LogP contribution < -0.4 is 5.32 Å². The van der Waals surface area contributed by atoms with Crippen LogP contribution in [0.2, 0.25) is 0 Å². The Labute approximate surface area is 120 Å². The molecule has 0 bridgehead atoms. The molecule has 5 nitrogen and oxygen atoms in total. The molecule has 1 amide bonds. The van der Waals surface area contributed by atoms with Crippen molar-refractivity contribution in [3.8, 4) is 0 Å². The Kier molecular flexibility index (Phi) is 5.99. The van der Waals surface area contributed by atoms with Gasteiger partial charge in [-0.2, -0.15) is 0 Å². The van der Waals surface area contributed by atoms with Gasteiger partial charge in [-0.3, -0.25) is 9.10 Å². The Hall–Kier alpha value is -2.08. The van der Waals surface area contributed by atoms with Gasteiger partial charge in [-0.15, -0.1) is 0 Å². The summed E-state index contributed by atoms with van der Waals surface area (Å²) >= 11 is 0. The lowest BCUT2D eigenvalue weighted by molar-refractivity contribution is -0.118. The molecule has 0 aromatic rings. The molecule has 1 heterocycles. The minimum atomic E-state index is -2.77. The average Bonchev–Trinajstić information content (AvgIpc) is 2.38. The SMILES string of the molecule is C=C/C=C1/C=C(CNC(C)=O)CN([SH](=O)=O)/C1=C/C=C. The summed E-state index contributed by atoms with van der Waals surface area (Å²) in [7, 11) is -2.77. The highest BCUT2D eigenvalue weighted by Crippen LogP contribution is 2.25. The van der Waals surface area contributed by atoms with Crippen molar-refractivity contribution in [3.63, 3.8) is 0 Å². The van der Waals surface area contributed by atoms with Gasteiger partial charge in [-0.05, 0) is 17.2 Å². The molecule has 0 spiro atoms. The van der Waals surface area contributed by atoms with E-state index in [0.29, 0.717) is 17.8 Å². The van der Waals surface area contributed by atoms with Gasteiger partial charge in [0.2, 0.25) is 16.8 Å². The van der Waals surface area contributed by atoms with Gasteiger partial charge in [-0.25, -0.2) is 8.42 Å². The van der Waals surface area contributed by atoms with E-state index in [1.165, 1.54) is 17.3 Å². The molecular formula is C14H18N2O3S. The zero-order valence-corrected chi connectivity index (χ0v) is 12.2. The summed E-state index contributed by atoms with van der Waals surface area (Å²) in [6.07, 6.45) is 8.31. The third kappa shape index (κ3) is 4.24. The second kappa shape index (κ2) is 7.49. The number of nitrogens with zero attached hydrogens (tertiary/aromatic N) is 1. The summed E-state index contributed by atoms with van der Waals surface area (Å²) < 4.78 is 24.0. The smallest absolute Gasteiger partial charge is 0.225 e. The molecular weight excluding hydrogens is 276 g/mol. The van der Waals surface area contributed by atoms with Gasteiger partial charge in [0.05, 0.1) is 12.2 Å². The van der Waals surface area contributed by atoms with Crippen LogP contribution in [-0.2, 0) is 15.7 Å². The van der Waals surface area contributed by atoms with Gasteiger partial charge in [0.1, 0.15) is 0 Å². The van der Waals surface area contributed by atoms with E-state index in [4.69, 9.17) is 0 Å². The molecule has 0 aromatic carbocycles. The molecule has 6 heteroatoms. The van der Waals surface area contributed by atoms with Crippen LogP contribution in [0.25, 0.3) is 0 Å². The molecule has 0 unspecified atom stereocenters. The highest BCUT2D eigenvalue weighted by Gasteiger charge is 2.21. The number of carbonyl (C=O) groups excluding carboxylic acids is 1. The molecule has 108 valence electrons. The molecule has 0 fully saturated rings. The summed E-state index contributed by atoms with van der Waals surface area (Å²) in [5, 5.41) is 2.66. The molecule has 1 N–H and O–H groups in total. The first-order chi connectivity index (χ1) is 9.49. The molecule has 1 rings (SSSR count). The van der Waals surface area contributed by atoms with Crippen LogP contribution in [0.3, 0.4) is 0 Å². The summed E-state index contributed by atoms with van der Waals surface area (Å²) in [6, 6.07) is 0. The predicted molar refractivity (Wildman–Crippen MR) is 80.3 cm³/mol. The first-order valence-corrected chi connectivity index (χ1v) is 7.14. The van der Waals surface area contributed by atoms with Crippen LogP contribution in [0.4, 0.5) is 0 Å². The van der Waals surface area contributed by atoms with Gasteiger partial charge in [-0.1, -0.05) is 37.5 Å². The third-order valence-electron chi connectivity index (χ3n) is 2.62. The van der Waals surface area contributed by atoms with Crippen LogP contribution in [0.1, 0.15) is 6.92 Å². The van der Waals surface area contributed by atoms with Crippen molar-refractivity contribution in [1.29, 1.82) is 0 Å². The molecule has 0 aromatic heterocycles. The van der Waals surface area contributed by atoms with Crippen LogP contribution in [0.5, 0.6) is 0 Å². The Bertz CT molecular complexity index is 575. The van der Waals surface area contributed by atoms with Crippen molar-refractivity contribution in [2.45, 2.75) is 6.92 Å². The quantitative estimate of drug-likeness (QED) is 0.746. The maximum absolute atomic E-state index is 11.4. The van der Waals surface area contributed by atoms with Crippen molar-refractivity contribution < 1.29 is 13.2 Å². The zero-order valence-electron chi connectivity index (χ0n) is 11.3. The van der Waals surface area contributed by atoms with E-state index in [0.717, 1.165) is 5.57 Å². The number of thiol groups is 1. The Balaban J connectivity index is 3.19. The maximum Gasteiger partial charge on any atom is 0.225 e. The molecule has 0 saturated carbocycles. The number of hydrogen-bond acceptors (Lipinski definition) is 3. The largest absolute Gasteiger partial charge is 0.353 e. The molecule has 1 aliphatic heterocycles. The van der Waals surface area contributed by atoms with Crippen LogP contribution in [-0.4, -0.2) is 31.7 Å². The first-order valence-electron chi connectivity index (χ1n) is 6.01. The predicted octanol–water partition coefficient (Wildman–Crippen LogP) is 1.07. The van der Waals surface area contributed by atoms with Gasteiger partial charge in [0.25, 0.3) is 0 Å². The number of hydrogen-bond donors (Lipinski definition) is 2. The fourth-order valence-corrected chi connectivity index (χ4v) is 2.47. The van der Waals surface area contributed by atoms with Crippen LogP contribution >= 0.6 is 0 Å². The van der Waals surface area contributed by atoms with Gasteiger partial charge >= 0.3 is 0 Å². The van der Waals surface area contributed by atoms with Gasteiger partial charge in [0.15, 0.2) is 0 Å². The fraction of sp³-hybridized carbons (Fsp3) is 0.214. The summed E-state index contributed by atoms with van der Waals surface area (Å²) in [6.45, 7) is 9.15. The molecule has 0 saturated heterocycles. The lowest BCUT2D eigenvalue weighted by atomic mass is 10.0. The lowest BCUT2D eigenvalue weighted by Gasteiger charge is -2.28. The second-order valence-electron chi connectivity index (χ2n) is 4.15. The van der Waals surface area contributed by atoms with Crippen molar-refractivity contribution in [2.24, 2.45) is 0 Å². The lowest BCUT2D eigenvalue weighted by Crippen LogP contribution is -2.33. The van der Waals surface area contributed by atoms with E-state index < -0.39 is 10.9 Å². The molecule has 0 radical (unpaired) electrons. The van der Waals surface area contributed by atoms with Crippen molar-refractivity contribution in [2.75, 3.05) is 13.1 Å². The van der Waals surface area contributed by atoms with Crippen molar-refractivity contribution in [3.05, 3.63) is 60.4 Å². The number of allylic oxidation sites excluding steroid dienone is 5. The Morgan fingerprint density at radius 3 is 2.55 bits per heavy atom. The Morgan fingerprint density at radius 1 is 1.40 bits per heavy atom. The Morgan fingerprint density at radius 2 is 2.05 bits per heavy atom. The summed E-state index contributed by atoms with van der Waals surface area (Å²) in [5.74, 6) is -0.161. The monoisotopic (exact) mass is 294 g/mol. The minimum absolute atomic E-state index is 0.161. The number of carbonyl (C=O) groups is 1. The maximum atomic E-state index is 11.4. The number of amides is 1. The van der Waals surface area contributed by atoms with Gasteiger partial charge in [0, 0.05) is 13.5 Å². The fourth-order valence-electron chi connectivity index (χ4n) is 1.81. The molecule has 0 atom stereocenters. The van der Waals surface area contributed by atoms with Crippen LogP contribution in [0.15, 0.2) is 60.4 Å². The first kappa shape index (κ1) is 16.0. The standard InChI is InChI=1S/C14H18N2O3S/c1-4-6-13-8-12(9-15-11(3)17)10-16(20(18)19)14(13)7-5-2/h4-8,20H,1-2,9-10H2,3H3,(H,15,17)/b13-6-,14-7+. The van der Waals surface area contributed by atoms with E-state index >= 15 is 0 Å². The molecule has 0 aliphatic carbocycles. The van der Waals surface area contributed by atoms with Crippen molar-refractivity contribution >= 4 is 16.8 Å². The third-order valence-corrected chi connectivity index (χ3v) is 3.37. The highest BCUT2D eigenvalue weighted by molar-refractivity contribution is 7.70. The van der Waals surface area contributed by atoms with E-state index in [9.17, 15) is 13.2 Å². The molecule has 20 heavy (non-hydrogen) atoms.